The fourth-order valence-electron chi connectivity index (χ4n) is 1.22. The first-order chi connectivity index (χ1) is 7.27. The van der Waals surface area contributed by atoms with Gasteiger partial charge in [-0.05, 0) is 24.6 Å². The molecule has 0 aliphatic heterocycles. The minimum absolute atomic E-state index is 0.598. The highest BCUT2D eigenvalue weighted by molar-refractivity contribution is 6.33. The zero-order valence-corrected chi connectivity index (χ0v) is 8.99. The lowest BCUT2D eigenvalue weighted by Gasteiger charge is -2.09. The van der Waals surface area contributed by atoms with Gasteiger partial charge in [0, 0.05) is 18.6 Å². The number of aromatic nitrogens is 2. The topological polar surface area (TPSA) is 37.8 Å². The Morgan fingerprint density at radius 1 is 1.07 bits per heavy atom. The second-order valence-electron chi connectivity index (χ2n) is 3.17. The molecule has 2 rings (SSSR count). The zero-order chi connectivity index (χ0) is 10.7. The number of anilines is 2. The van der Waals surface area contributed by atoms with Crippen molar-refractivity contribution in [2.24, 2.45) is 0 Å². The molecule has 0 aromatic carbocycles. The summed E-state index contributed by atoms with van der Waals surface area (Å²) in [5.41, 5.74) is 2.91. The van der Waals surface area contributed by atoms with Crippen molar-refractivity contribution < 1.29 is 0 Å². The first-order valence-electron chi connectivity index (χ1n) is 4.54. The van der Waals surface area contributed by atoms with Gasteiger partial charge in [-0.15, -0.1) is 0 Å². The van der Waals surface area contributed by atoms with Crippen molar-refractivity contribution in [3.8, 4) is 0 Å². The standard InChI is InChI=1S/C11H10ClN3/c1-8-2-4-14-7-11(8)15-10-3-5-13-6-9(10)12/h2-7H,1H3,(H,13,15). The minimum atomic E-state index is 0.598. The van der Waals surface area contributed by atoms with Crippen molar-refractivity contribution in [3.63, 3.8) is 0 Å². The van der Waals surface area contributed by atoms with Crippen molar-refractivity contribution >= 4 is 23.0 Å². The maximum absolute atomic E-state index is 5.98. The molecule has 4 heteroatoms. The van der Waals surface area contributed by atoms with E-state index in [1.807, 2.05) is 19.1 Å². The molecule has 0 bridgehead atoms. The number of nitrogens with one attached hydrogen (secondary N) is 1. The first-order valence-corrected chi connectivity index (χ1v) is 4.92. The number of hydrogen-bond acceptors (Lipinski definition) is 3. The maximum atomic E-state index is 5.98. The molecule has 0 saturated heterocycles. The van der Waals surface area contributed by atoms with Crippen molar-refractivity contribution in [1.29, 1.82) is 0 Å². The first kappa shape index (κ1) is 9.93. The van der Waals surface area contributed by atoms with Gasteiger partial charge in [-0.1, -0.05) is 11.6 Å². The van der Waals surface area contributed by atoms with E-state index in [-0.39, 0.29) is 0 Å². The van der Waals surface area contributed by atoms with E-state index < -0.39 is 0 Å². The van der Waals surface area contributed by atoms with Crippen LogP contribution in [0.25, 0.3) is 0 Å². The van der Waals surface area contributed by atoms with E-state index in [1.165, 1.54) is 0 Å². The van der Waals surface area contributed by atoms with Gasteiger partial charge in [-0.2, -0.15) is 0 Å². The Bertz CT molecular complexity index is 427. The Kier molecular flexibility index (Phi) is 2.83. The van der Waals surface area contributed by atoms with Crippen LogP contribution in [0.3, 0.4) is 0 Å². The Morgan fingerprint density at radius 3 is 2.53 bits per heavy atom. The average Bonchev–Trinajstić information content (AvgIpc) is 2.24. The third-order valence-corrected chi connectivity index (χ3v) is 2.38. The fourth-order valence-corrected chi connectivity index (χ4v) is 1.38. The quantitative estimate of drug-likeness (QED) is 0.843. The van der Waals surface area contributed by atoms with Crippen molar-refractivity contribution in [3.05, 3.63) is 47.5 Å². The van der Waals surface area contributed by atoms with Gasteiger partial charge in [0.15, 0.2) is 0 Å². The molecular weight excluding hydrogens is 210 g/mol. The molecule has 0 radical (unpaired) electrons. The molecule has 0 amide bonds. The highest BCUT2D eigenvalue weighted by Crippen LogP contribution is 2.24. The lowest BCUT2D eigenvalue weighted by Crippen LogP contribution is -1.94. The van der Waals surface area contributed by atoms with E-state index in [9.17, 15) is 0 Å². The van der Waals surface area contributed by atoms with Gasteiger partial charge in [-0.25, -0.2) is 0 Å². The molecular formula is C11H10ClN3. The van der Waals surface area contributed by atoms with Crippen LogP contribution in [0.15, 0.2) is 36.9 Å². The Morgan fingerprint density at radius 2 is 1.80 bits per heavy atom. The van der Waals surface area contributed by atoms with Crippen LogP contribution in [-0.4, -0.2) is 9.97 Å². The van der Waals surface area contributed by atoms with Crippen LogP contribution < -0.4 is 5.32 Å². The molecule has 1 N–H and O–H groups in total. The van der Waals surface area contributed by atoms with Gasteiger partial charge < -0.3 is 5.32 Å². The van der Waals surface area contributed by atoms with E-state index >= 15 is 0 Å². The summed E-state index contributed by atoms with van der Waals surface area (Å²) >= 11 is 5.98. The maximum Gasteiger partial charge on any atom is 0.0824 e. The molecule has 0 unspecified atom stereocenters. The number of rotatable bonds is 2. The number of hydrogen-bond donors (Lipinski definition) is 1. The van der Waals surface area contributed by atoms with Gasteiger partial charge in [0.05, 0.1) is 22.6 Å². The van der Waals surface area contributed by atoms with Crippen LogP contribution in [0.2, 0.25) is 5.02 Å². The molecule has 15 heavy (non-hydrogen) atoms. The van der Waals surface area contributed by atoms with Crippen molar-refractivity contribution in [2.75, 3.05) is 5.32 Å². The highest BCUT2D eigenvalue weighted by Gasteiger charge is 2.01. The van der Waals surface area contributed by atoms with Crippen molar-refractivity contribution in [2.45, 2.75) is 6.92 Å². The number of pyridine rings is 2. The summed E-state index contributed by atoms with van der Waals surface area (Å²) in [4.78, 5) is 7.97. The van der Waals surface area contributed by atoms with Gasteiger partial charge in [0.25, 0.3) is 0 Å². The summed E-state index contributed by atoms with van der Waals surface area (Å²) in [6, 6.07) is 3.77. The van der Waals surface area contributed by atoms with E-state index in [1.54, 1.807) is 24.8 Å². The Balaban J connectivity index is 2.30. The predicted octanol–water partition coefficient (Wildman–Crippen LogP) is 3.18. The third kappa shape index (κ3) is 2.25. The summed E-state index contributed by atoms with van der Waals surface area (Å²) in [6.45, 7) is 2.01. The number of halogens is 1. The van der Waals surface area contributed by atoms with Crippen LogP contribution in [0, 0.1) is 6.92 Å². The smallest absolute Gasteiger partial charge is 0.0824 e. The molecule has 2 aromatic rings. The van der Waals surface area contributed by atoms with Crippen LogP contribution in [0.1, 0.15) is 5.56 Å². The van der Waals surface area contributed by atoms with Gasteiger partial charge in [-0.3, -0.25) is 9.97 Å². The molecule has 2 aromatic heterocycles. The Labute approximate surface area is 93.1 Å². The third-order valence-electron chi connectivity index (χ3n) is 2.08. The van der Waals surface area contributed by atoms with Crippen molar-refractivity contribution in [1.82, 2.24) is 9.97 Å². The predicted molar refractivity (Wildman–Crippen MR) is 61.5 cm³/mol. The minimum Gasteiger partial charge on any atom is -0.353 e. The molecule has 0 atom stereocenters. The summed E-state index contributed by atoms with van der Waals surface area (Å²) in [7, 11) is 0. The van der Waals surface area contributed by atoms with Crippen LogP contribution >= 0.6 is 11.6 Å². The summed E-state index contributed by atoms with van der Waals surface area (Å²) in [6.07, 6.45) is 6.83. The molecule has 0 spiro atoms. The Hall–Kier alpha value is -1.61. The van der Waals surface area contributed by atoms with Gasteiger partial charge in [0.2, 0.25) is 0 Å². The molecule has 0 aliphatic carbocycles. The second-order valence-corrected chi connectivity index (χ2v) is 3.58. The van der Waals surface area contributed by atoms with E-state index in [0.717, 1.165) is 16.9 Å². The molecule has 0 fully saturated rings. The summed E-state index contributed by atoms with van der Waals surface area (Å²) in [5, 5.41) is 3.80. The van der Waals surface area contributed by atoms with Crippen LogP contribution in [-0.2, 0) is 0 Å². The molecule has 0 saturated carbocycles. The van der Waals surface area contributed by atoms with Gasteiger partial charge in [0.1, 0.15) is 0 Å². The molecule has 76 valence electrons. The summed E-state index contributed by atoms with van der Waals surface area (Å²) in [5.74, 6) is 0. The van der Waals surface area contributed by atoms with Gasteiger partial charge >= 0.3 is 0 Å². The largest absolute Gasteiger partial charge is 0.353 e. The normalized spacial score (nSPS) is 10.0. The SMILES string of the molecule is Cc1ccncc1Nc1ccncc1Cl. The monoisotopic (exact) mass is 219 g/mol. The fraction of sp³-hybridized carbons (Fsp3) is 0.0909. The van der Waals surface area contributed by atoms with E-state index in [0.29, 0.717) is 5.02 Å². The zero-order valence-electron chi connectivity index (χ0n) is 8.24. The lowest BCUT2D eigenvalue weighted by molar-refractivity contribution is 1.27. The summed E-state index contributed by atoms with van der Waals surface area (Å²) < 4.78 is 0. The van der Waals surface area contributed by atoms with Crippen LogP contribution in [0.4, 0.5) is 11.4 Å². The highest BCUT2D eigenvalue weighted by atomic mass is 35.5. The average molecular weight is 220 g/mol. The van der Waals surface area contributed by atoms with E-state index in [2.05, 4.69) is 15.3 Å². The van der Waals surface area contributed by atoms with E-state index in [4.69, 9.17) is 11.6 Å². The number of nitrogens with zero attached hydrogens (tertiary/aromatic N) is 2. The number of aryl methyl sites for hydroxylation is 1. The molecule has 0 aliphatic rings. The van der Waals surface area contributed by atoms with Crippen LogP contribution in [0.5, 0.6) is 0 Å². The second kappa shape index (κ2) is 4.28. The lowest BCUT2D eigenvalue weighted by atomic mass is 10.2. The molecule has 2 heterocycles. The molecule has 3 nitrogen and oxygen atoms in total.